The Bertz CT molecular complexity index is 1610. The van der Waals surface area contributed by atoms with Gasteiger partial charge in [-0.15, -0.1) is 0 Å². The first-order chi connectivity index (χ1) is 30.1. The summed E-state index contributed by atoms with van der Waals surface area (Å²) in [5.41, 5.74) is 9.01. The normalized spacial score (nSPS) is 20.4. The fraction of sp³-hybridized carbons (Fsp3) is 0.643. The van der Waals surface area contributed by atoms with E-state index in [-0.39, 0.29) is 12.2 Å². The zero-order valence-electron chi connectivity index (χ0n) is 39.0. The minimum absolute atomic E-state index is 0.0604. The Morgan fingerprint density at radius 1 is 0.426 bits per heavy atom. The van der Waals surface area contributed by atoms with E-state index < -0.39 is 0 Å². The topological polar surface area (TPSA) is 60.8 Å². The van der Waals surface area contributed by atoms with Gasteiger partial charge in [-0.1, -0.05) is 192 Å². The SMILES string of the molecule is CCCCCCCc1cnc(-c2ccc(C(OC(c3ccc(-c4cnc(CCCCCCC)cn4)cc3)C3CCC(CCCC)CC3)C3CCC(CCCC)CC3)cc2)cn1. The molecule has 5 nitrogen and oxygen atoms in total. The fourth-order valence-electron chi connectivity index (χ4n) is 10.4. The summed E-state index contributed by atoms with van der Waals surface area (Å²) < 4.78 is 7.73. The van der Waals surface area contributed by atoms with Gasteiger partial charge in [0.25, 0.3) is 0 Å². The molecule has 5 heteroatoms. The van der Waals surface area contributed by atoms with Crippen molar-refractivity contribution in [2.24, 2.45) is 23.7 Å². The van der Waals surface area contributed by atoms with E-state index in [4.69, 9.17) is 24.7 Å². The van der Waals surface area contributed by atoms with Crippen LogP contribution in [0.1, 0.15) is 217 Å². The molecule has 4 aromatic rings. The average Bonchev–Trinajstić information content (AvgIpc) is 3.31. The first kappa shape index (κ1) is 47.0. The van der Waals surface area contributed by atoms with Crippen molar-refractivity contribution >= 4 is 0 Å². The Labute approximate surface area is 372 Å². The maximum absolute atomic E-state index is 7.73. The lowest BCUT2D eigenvalue weighted by Crippen LogP contribution is -2.28. The monoisotopic (exact) mass is 827 g/mol. The minimum Gasteiger partial charge on any atom is -0.365 e. The molecule has 0 spiro atoms. The maximum atomic E-state index is 7.73. The van der Waals surface area contributed by atoms with Gasteiger partial charge in [-0.2, -0.15) is 0 Å². The largest absolute Gasteiger partial charge is 0.365 e. The number of ether oxygens (including phenoxy) is 1. The maximum Gasteiger partial charge on any atom is 0.0885 e. The third-order valence-corrected chi connectivity index (χ3v) is 14.4. The molecule has 0 saturated heterocycles. The second-order valence-corrected chi connectivity index (χ2v) is 19.2. The van der Waals surface area contributed by atoms with Gasteiger partial charge in [0.05, 0.1) is 47.4 Å². The highest BCUT2D eigenvalue weighted by Crippen LogP contribution is 2.47. The van der Waals surface area contributed by atoms with Crippen LogP contribution in [0.2, 0.25) is 0 Å². The first-order valence-electron chi connectivity index (χ1n) is 25.6. The summed E-state index contributed by atoms with van der Waals surface area (Å²) in [7, 11) is 0. The van der Waals surface area contributed by atoms with Gasteiger partial charge in [-0.05, 0) is 86.2 Å². The van der Waals surface area contributed by atoms with Crippen LogP contribution in [0, 0.1) is 23.7 Å². The van der Waals surface area contributed by atoms with Crippen molar-refractivity contribution < 1.29 is 4.74 Å². The summed E-state index contributed by atoms with van der Waals surface area (Å²) in [6, 6.07) is 18.5. The lowest BCUT2D eigenvalue weighted by Gasteiger charge is -2.40. The zero-order valence-corrected chi connectivity index (χ0v) is 39.0. The molecule has 0 aliphatic heterocycles. The van der Waals surface area contributed by atoms with E-state index in [0.717, 1.165) is 58.6 Å². The van der Waals surface area contributed by atoms with Crippen LogP contribution in [-0.2, 0) is 17.6 Å². The molecule has 2 saturated carbocycles. The summed E-state index contributed by atoms with van der Waals surface area (Å²) >= 11 is 0. The molecule has 2 unspecified atom stereocenters. The molecule has 61 heavy (non-hydrogen) atoms. The van der Waals surface area contributed by atoms with E-state index in [0.29, 0.717) is 11.8 Å². The molecule has 2 aliphatic carbocycles. The van der Waals surface area contributed by atoms with Crippen LogP contribution in [0.25, 0.3) is 22.5 Å². The molecule has 6 rings (SSSR count). The molecule has 2 atom stereocenters. The van der Waals surface area contributed by atoms with E-state index in [1.807, 2.05) is 24.8 Å². The van der Waals surface area contributed by atoms with Crippen molar-refractivity contribution in [1.29, 1.82) is 0 Å². The Morgan fingerprint density at radius 2 is 0.803 bits per heavy atom. The molecule has 0 radical (unpaired) electrons. The summed E-state index contributed by atoms with van der Waals surface area (Å²) in [6.45, 7) is 9.21. The summed E-state index contributed by atoms with van der Waals surface area (Å²) in [5.74, 6) is 2.76. The molecule has 0 amide bonds. The molecule has 2 aromatic heterocycles. The number of unbranched alkanes of at least 4 members (excludes halogenated alkanes) is 10. The van der Waals surface area contributed by atoms with E-state index in [2.05, 4.69) is 76.2 Å². The van der Waals surface area contributed by atoms with Gasteiger partial charge in [0.2, 0.25) is 0 Å². The van der Waals surface area contributed by atoms with Crippen molar-refractivity contribution in [3.05, 3.63) is 95.8 Å². The summed E-state index contributed by atoms with van der Waals surface area (Å²) in [6.07, 6.45) is 41.2. The van der Waals surface area contributed by atoms with Crippen LogP contribution >= 0.6 is 0 Å². The Kier molecular flexibility index (Phi) is 20.2. The molecule has 0 N–H and O–H groups in total. The predicted octanol–water partition coefficient (Wildman–Crippen LogP) is 16.4. The van der Waals surface area contributed by atoms with Crippen molar-refractivity contribution in [3.8, 4) is 22.5 Å². The highest BCUT2D eigenvalue weighted by atomic mass is 16.5. The van der Waals surface area contributed by atoms with Crippen molar-refractivity contribution in [1.82, 2.24) is 19.9 Å². The molecule has 0 bridgehead atoms. The fourth-order valence-corrected chi connectivity index (χ4v) is 10.4. The Hall–Kier alpha value is -3.44. The predicted molar refractivity (Wildman–Crippen MR) is 256 cm³/mol. The van der Waals surface area contributed by atoms with E-state index in [9.17, 15) is 0 Å². The number of aryl methyl sites for hydroxylation is 2. The number of benzene rings is 2. The molecular weight excluding hydrogens is 745 g/mol. The number of rotatable bonds is 26. The lowest BCUT2D eigenvalue weighted by molar-refractivity contribution is -0.0907. The minimum atomic E-state index is 0.0604. The van der Waals surface area contributed by atoms with Gasteiger partial charge in [0.1, 0.15) is 0 Å². The molecule has 2 aromatic carbocycles. The van der Waals surface area contributed by atoms with Crippen LogP contribution < -0.4 is 0 Å². The highest BCUT2D eigenvalue weighted by Gasteiger charge is 2.36. The number of aromatic nitrogens is 4. The number of nitrogens with zero attached hydrogens (tertiary/aromatic N) is 4. The average molecular weight is 827 g/mol. The summed E-state index contributed by atoms with van der Waals surface area (Å²) in [5, 5.41) is 0. The Balaban J connectivity index is 1.21. The third-order valence-electron chi connectivity index (χ3n) is 14.4. The molecular formula is C56H82N4O. The van der Waals surface area contributed by atoms with E-state index in [1.165, 1.54) is 165 Å². The van der Waals surface area contributed by atoms with Crippen LogP contribution in [0.5, 0.6) is 0 Å². The lowest BCUT2D eigenvalue weighted by atomic mass is 9.74. The molecule has 2 fully saturated rings. The van der Waals surface area contributed by atoms with E-state index >= 15 is 0 Å². The zero-order chi connectivity index (χ0) is 42.5. The Morgan fingerprint density at radius 3 is 1.15 bits per heavy atom. The quantitative estimate of drug-likeness (QED) is 0.0590. The number of hydrogen-bond acceptors (Lipinski definition) is 5. The summed E-state index contributed by atoms with van der Waals surface area (Å²) in [4.78, 5) is 19.4. The van der Waals surface area contributed by atoms with Gasteiger partial charge in [-0.3, -0.25) is 19.9 Å². The highest BCUT2D eigenvalue weighted by molar-refractivity contribution is 5.59. The van der Waals surface area contributed by atoms with Gasteiger partial charge < -0.3 is 4.74 Å². The van der Waals surface area contributed by atoms with Gasteiger partial charge in [-0.25, -0.2) is 0 Å². The van der Waals surface area contributed by atoms with E-state index in [1.54, 1.807) is 0 Å². The molecule has 2 heterocycles. The van der Waals surface area contributed by atoms with Crippen LogP contribution in [-0.4, -0.2) is 19.9 Å². The van der Waals surface area contributed by atoms with Crippen LogP contribution in [0.4, 0.5) is 0 Å². The molecule has 332 valence electrons. The van der Waals surface area contributed by atoms with Crippen molar-refractivity contribution in [2.75, 3.05) is 0 Å². The van der Waals surface area contributed by atoms with Gasteiger partial charge in [0.15, 0.2) is 0 Å². The van der Waals surface area contributed by atoms with Crippen molar-refractivity contribution in [3.63, 3.8) is 0 Å². The molecule has 2 aliphatic rings. The van der Waals surface area contributed by atoms with Crippen LogP contribution in [0.3, 0.4) is 0 Å². The standard InChI is InChI=1S/C56H82N4O/c1-5-9-13-15-17-21-51-39-59-53(41-57-51)45-31-35-49(36-32-45)55(47-27-23-43(24-28-47)19-11-7-3)61-56(48-29-25-44(26-30-48)20-12-8-4)50-37-33-46(34-38-50)54-42-58-52(40-60-54)22-18-16-14-10-6-2/h31-44,47-48,55-56H,5-30H2,1-4H3. The van der Waals surface area contributed by atoms with Crippen molar-refractivity contribution in [2.45, 2.75) is 207 Å². The first-order valence-corrected chi connectivity index (χ1v) is 25.6. The smallest absolute Gasteiger partial charge is 0.0885 e. The van der Waals surface area contributed by atoms with Crippen LogP contribution in [0.15, 0.2) is 73.3 Å². The third kappa shape index (κ3) is 14.8. The van der Waals surface area contributed by atoms with Gasteiger partial charge >= 0.3 is 0 Å². The second kappa shape index (κ2) is 26.2. The number of hydrogen-bond donors (Lipinski definition) is 0. The van der Waals surface area contributed by atoms with Gasteiger partial charge in [0, 0.05) is 23.5 Å². The second-order valence-electron chi connectivity index (χ2n) is 19.2.